The van der Waals surface area contributed by atoms with E-state index in [1.807, 2.05) is 17.5 Å². The molecule has 0 saturated carbocycles. The topological polar surface area (TPSA) is 58.6 Å². The second-order valence-electron chi connectivity index (χ2n) is 5.48. The number of fused-ring (bicyclic) bond motifs is 1. The molecule has 0 radical (unpaired) electrons. The van der Waals surface area contributed by atoms with Gasteiger partial charge in [0, 0.05) is 17.1 Å². The maximum Gasteiger partial charge on any atom is 0.268 e. The summed E-state index contributed by atoms with van der Waals surface area (Å²) < 4.78 is 5.63. The predicted molar refractivity (Wildman–Crippen MR) is 95.7 cm³/mol. The van der Waals surface area contributed by atoms with E-state index in [2.05, 4.69) is 11.9 Å². The van der Waals surface area contributed by atoms with Crippen molar-refractivity contribution in [3.05, 3.63) is 53.2 Å². The average molecular weight is 342 g/mol. The fraction of sp³-hybridized carbons (Fsp3) is 0.222. The number of carbonyl (C=O) groups excluding carboxylic acids is 2. The Labute approximate surface area is 144 Å². The minimum atomic E-state index is -0.531. The summed E-state index contributed by atoms with van der Waals surface area (Å²) in [5, 5.41) is 4.81. The number of anilines is 2. The lowest BCUT2D eigenvalue weighted by molar-refractivity contribution is -0.125. The molecule has 1 aromatic carbocycles. The number of nitrogens with one attached hydrogen (secondary N) is 1. The molecule has 24 heavy (non-hydrogen) atoms. The lowest BCUT2D eigenvalue weighted by Crippen LogP contribution is -2.44. The van der Waals surface area contributed by atoms with Gasteiger partial charge in [0.1, 0.15) is 5.75 Å². The molecule has 1 unspecified atom stereocenters. The van der Waals surface area contributed by atoms with Crippen LogP contribution in [0, 0.1) is 0 Å². The third-order valence-electron chi connectivity index (χ3n) is 3.68. The van der Waals surface area contributed by atoms with Gasteiger partial charge in [0.15, 0.2) is 6.10 Å². The first-order chi connectivity index (χ1) is 11.6. The maximum absolute atomic E-state index is 12.3. The van der Waals surface area contributed by atoms with Crippen LogP contribution in [-0.4, -0.2) is 24.5 Å². The maximum atomic E-state index is 12.3. The van der Waals surface area contributed by atoms with Crippen LogP contribution in [0.5, 0.6) is 5.75 Å². The Hall–Kier alpha value is -2.60. The van der Waals surface area contributed by atoms with Gasteiger partial charge in [-0.05, 0) is 36.6 Å². The monoisotopic (exact) mass is 342 g/mol. The van der Waals surface area contributed by atoms with Crippen molar-refractivity contribution >= 4 is 34.5 Å². The van der Waals surface area contributed by atoms with Gasteiger partial charge in [0.05, 0.1) is 12.1 Å². The summed E-state index contributed by atoms with van der Waals surface area (Å²) in [6.07, 6.45) is 1.47. The molecule has 0 spiro atoms. The first kappa shape index (κ1) is 16.3. The molecule has 2 amide bonds. The van der Waals surface area contributed by atoms with Crippen molar-refractivity contribution in [3.63, 3.8) is 0 Å². The molecule has 6 heteroatoms. The Bertz CT molecular complexity index is 771. The van der Waals surface area contributed by atoms with Crippen molar-refractivity contribution in [2.75, 3.05) is 16.8 Å². The molecule has 1 aromatic heterocycles. The van der Waals surface area contributed by atoms with E-state index in [0.717, 1.165) is 4.88 Å². The minimum absolute atomic E-state index is 0.0934. The first-order valence-corrected chi connectivity index (χ1v) is 8.51. The summed E-state index contributed by atoms with van der Waals surface area (Å²) in [7, 11) is 0. The van der Waals surface area contributed by atoms with E-state index >= 15 is 0 Å². The smallest absolute Gasteiger partial charge is 0.268 e. The van der Waals surface area contributed by atoms with Crippen LogP contribution in [0.4, 0.5) is 11.4 Å². The van der Waals surface area contributed by atoms with Crippen LogP contribution in [0.1, 0.15) is 11.8 Å². The Morgan fingerprint density at radius 2 is 2.29 bits per heavy atom. The number of amides is 2. The van der Waals surface area contributed by atoms with Crippen LogP contribution in [0.3, 0.4) is 0 Å². The predicted octanol–water partition coefficient (Wildman–Crippen LogP) is 3.23. The summed E-state index contributed by atoms with van der Waals surface area (Å²) in [4.78, 5) is 27.1. The SMILES string of the molecule is C=CCN1C(=O)C(C)Oc2ccc(NC(=O)Cc3cccs3)cc21. The number of nitrogens with zero attached hydrogens (tertiary/aromatic N) is 1. The van der Waals surface area contributed by atoms with Crippen LogP contribution < -0.4 is 15.0 Å². The van der Waals surface area contributed by atoms with Crippen molar-refractivity contribution in [3.8, 4) is 5.75 Å². The van der Waals surface area contributed by atoms with E-state index < -0.39 is 6.10 Å². The van der Waals surface area contributed by atoms with Gasteiger partial charge in [-0.3, -0.25) is 9.59 Å². The lowest BCUT2D eigenvalue weighted by atomic mass is 10.1. The fourth-order valence-corrected chi connectivity index (χ4v) is 3.28. The Morgan fingerprint density at radius 1 is 1.46 bits per heavy atom. The van der Waals surface area contributed by atoms with Crippen molar-refractivity contribution in [1.82, 2.24) is 0 Å². The first-order valence-electron chi connectivity index (χ1n) is 7.63. The second-order valence-corrected chi connectivity index (χ2v) is 6.52. The fourth-order valence-electron chi connectivity index (χ4n) is 2.58. The van der Waals surface area contributed by atoms with Gasteiger partial charge in [-0.1, -0.05) is 12.1 Å². The molecular weight excluding hydrogens is 324 g/mol. The highest BCUT2D eigenvalue weighted by Crippen LogP contribution is 2.36. The van der Waals surface area contributed by atoms with E-state index in [-0.39, 0.29) is 11.8 Å². The zero-order chi connectivity index (χ0) is 17.1. The molecule has 1 aliphatic rings. The Morgan fingerprint density at radius 3 is 3.00 bits per heavy atom. The van der Waals surface area contributed by atoms with Crippen molar-refractivity contribution < 1.29 is 14.3 Å². The van der Waals surface area contributed by atoms with Gasteiger partial charge >= 0.3 is 0 Å². The van der Waals surface area contributed by atoms with E-state index in [1.165, 1.54) is 0 Å². The Balaban J connectivity index is 1.80. The molecule has 2 heterocycles. The third-order valence-corrected chi connectivity index (χ3v) is 4.55. The van der Waals surface area contributed by atoms with Crippen LogP contribution in [-0.2, 0) is 16.0 Å². The number of hydrogen-bond donors (Lipinski definition) is 1. The zero-order valence-corrected chi connectivity index (χ0v) is 14.1. The summed E-state index contributed by atoms with van der Waals surface area (Å²) >= 11 is 1.55. The van der Waals surface area contributed by atoms with Crippen molar-refractivity contribution in [2.45, 2.75) is 19.4 Å². The minimum Gasteiger partial charge on any atom is -0.479 e. The van der Waals surface area contributed by atoms with E-state index in [9.17, 15) is 9.59 Å². The van der Waals surface area contributed by atoms with E-state index in [1.54, 1.807) is 47.4 Å². The largest absolute Gasteiger partial charge is 0.479 e. The summed E-state index contributed by atoms with van der Waals surface area (Å²) in [6.45, 7) is 5.81. The van der Waals surface area contributed by atoms with E-state index in [0.29, 0.717) is 30.1 Å². The average Bonchev–Trinajstić information content (AvgIpc) is 3.05. The van der Waals surface area contributed by atoms with Gasteiger partial charge in [-0.2, -0.15) is 0 Å². The molecule has 5 nitrogen and oxygen atoms in total. The number of hydrogen-bond acceptors (Lipinski definition) is 4. The summed E-state index contributed by atoms with van der Waals surface area (Å²) in [6, 6.07) is 9.16. The lowest BCUT2D eigenvalue weighted by Gasteiger charge is -2.32. The molecule has 0 aliphatic carbocycles. The normalized spacial score (nSPS) is 16.3. The number of ether oxygens (including phenoxy) is 1. The highest BCUT2D eigenvalue weighted by Gasteiger charge is 2.30. The molecule has 1 N–H and O–H groups in total. The van der Waals surface area contributed by atoms with Crippen molar-refractivity contribution in [1.29, 1.82) is 0 Å². The van der Waals surface area contributed by atoms with Crippen LogP contribution in [0.25, 0.3) is 0 Å². The van der Waals surface area contributed by atoms with Gasteiger partial charge in [-0.25, -0.2) is 0 Å². The molecule has 1 aliphatic heterocycles. The quantitative estimate of drug-likeness (QED) is 0.849. The molecular formula is C18H18N2O3S. The third kappa shape index (κ3) is 3.33. The molecule has 0 saturated heterocycles. The van der Waals surface area contributed by atoms with Crippen molar-refractivity contribution in [2.24, 2.45) is 0 Å². The number of rotatable bonds is 5. The molecule has 0 fully saturated rings. The highest BCUT2D eigenvalue weighted by molar-refractivity contribution is 7.10. The van der Waals surface area contributed by atoms with Crippen LogP contribution >= 0.6 is 11.3 Å². The van der Waals surface area contributed by atoms with E-state index in [4.69, 9.17) is 4.74 Å². The highest BCUT2D eigenvalue weighted by atomic mass is 32.1. The molecule has 3 rings (SSSR count). The summed E-state index contributed by atoms with van der Waals surface area (Å²) in [5.41, 5.74) is 1.28. The van der Waals surface area contributed by atoms with Gasteiger partial charge < -0.3 is 15.0 Å². The number of thiophene rings is 1. The molecule has 2 aromatic rings. The number of carbonyl (C=O) groups is 2. The van der Waals surface area contributed by atoms with Crippen LogP contribution in [0.2, 0.25) is 0 Å². The molecule has 124 valence electrons. The molecule has 0 bridgehead atoms. The number of benzene rings is 1. The second kappa shape index (κ2) is 6.88. The van der Waals surface area contributed by atoms with Gasteiger partial charge in [-0.15, -0.1) is 17.9 Å². The summed E-state index contributed by atoms with van der Waals surface area (Å²) in [5.74, 6) is 0.411. The van der Waals surface area contributed by atoms with Crippen LogP contribution in [0.15, 0.2) is 48.4 Å². The Kier molecular flexibility index (Phi) is 4.66. The van der Waals surface area contributed by atoms with Gasteiger partial charge in [0.2, 0.25) is 5.91 Å². The molecule has 1 atom stereocenters. The standard InChI is InChI=1S/C18H18N2O3S/c1-3-8-20-15-10-13(6-7-16(15)23-12(2)18(20)22)19-17(21)11-14-5-4-9-24-14/h3-7,9-10,12H,1,8,11H2,2H3,(H,19,21). The van der Waals surface area contributed by atoms with Gasteiger partial charge in [0.25, 0.3) is 5.91 Å². The zero-order valence-electron chi connectivity index (χ0n) is 13.3.